The molecule has 0 bridgehead atoms. The maximum Gasteiger partial charge on any atom is 0.321 e. The van der Waals surface area contributed by atoms with Crippen molar-refractivity contribution in [2.75, 3.05) is 23.0 Å². The molecule has 1 aromatic carbocycles. The number of carbonyl (C=O) groups is 2. The monoisotopic (exact) mass is 296 g/mol. The Morgan fingerprint density at radius 2 is 2.05 bits per heavy atom. The van der Waals surface area contributed by atoms with Gasteiger partial charge in [0, 0.05) is 18.0 Å². The van der Waals surface area contributed by atoms with Crippen LogP contribution in [0.15, 0.2) is 24.3 Å². The first-order valence-corrected chi connectivity index (χ1v) is 7.55. The molecule has 0 heterocycles. The van der Waals surface area contributed by atoms with Gasteiger partial charge < -0.3 is 15.7 Å². The summed E-state index contributed by atoms with van der Waals surface area (Å²) in [6.07, 6.45) is 0. The van der Waals surface area contributed by atoms with Crippen LogP contribution in [0.2, 0.25) is 0 Å². The van der Waals surface area contributed by atoms with E-state index in [4.69, 9.17) is 10.8 Å². The standard InChI is InChI=1S/C14H20N2O3S/c1-3-16(12-7-5-4-6-10(12)2)13(17)9-20-8-11(15)14(18)19/h4-7,11H,3,8-9,15H2,1-2H3,(H,18,19)/t11-/m1/s1. The Kier molecular flexibility index (Phi) is 6.54. The first kappa shape index (κ1) is 16.5. The number of para-hydroxylation sites is 1. The molecule has 0 saturated heterocycles. The lowest BCUT2D eigenvalue weighted by Gasteiger charge is -2.23. The summed E-state index contributed by atoms with van der Waals surface area (Å²) in [6.45, 7) is 4.45. The van der Waals surface area contributed by atoms with Gasteiger partial charge in [0.15, 0.2) is 0 Å². The van der Waals surface area contributed by atoms with Crippen molar-refractivity contribution >= 4 is 29.3 Å². The van der Waals surface area contributed by atoms with Crippen molar-refractivity contribution < 1.29 is 14.7 Å². The van der Waals surface area contributed by atoms with E-state index in [2.05, 4.69) is 0 Å². The van der Waals surface area contributed by atoms with Gasteiger partial charge in [0.25, 0.3) is 0 Å². The largest absolute Gasteiger partial charge is 0.480 e. The fourth-order valence-electron chi connectivity index (χ4n) is 1.77. The fraction of sp³-hybridized carbons (Fsp3) is 0.429. The van der Waals surface area contributed by atoms with E-state index in [0.29, 0.717) is 6.54 Å². The van der Waals surface area contributed by atoms with Crippen LogP contribution in [0.1, 0.15) is 12.5 Å². The van der Waals surface area contributed by atoms with Crippen molar-refractivity contribution in [1.82, 2.24) is 0 Å². The van der Waals surface area contributed by atoms with Gasteiger partial charge in [-0.25, -0.2) is 0 Å². The number of hydrogen-bond acceptors (Lipinski definition) is 4. The highest BCUT2D eigenvalue weighted by molar-refractivity contribution is 8.00. The van der Waals surface area contributed by atoms with Gasteiger partial charge in [0.1, 0.15) is 6.04 Å². The summed E-state index contributed by atoms with van der Waals surface area (Å²) >= 11 is 1.24. The van der Waals surface area contributed by atoms with Crippen molar-refractivity contribution in [3.05, 3.63) is 29.8 Å². The molecule has 0 fully saturated rings. The summed E-state index contributed by atoms with van der Waals surface area (Å²) in [6, 6.07) is 6.76. The van der Waals surface area contributed by atoms with Crippen molar-refractivity contribution in [2.45, 2.75) is 19.9 Å². The normalized spacial score (nSPS) is 11.9. The number of carbonyl (C=O) groups excluding carboxylic acids is 1. The van der Waals surface area contributed by atoms with Crippen LogP contribution in [0.4, 0.5) is 5.69 Å². The van der Waals surface area contributed by atoms with Gasteiger partial charge in [-0.15, -0.1) is 11.8 Å². The van der Waals surface area contributed by atoms with E-state index in [1.807, 2.05) is 38.1 Å². The zero-order valence-electron chi connectivity index (χ0n) is 11.7. The third-order valence-corrected chi connectivity index (χ3v) is 3.91. The summed E-state index contributed by atoms with van der Waals surface area (Å²) in [7, 11) is 0. The second kappa shape index (κ2) is 7.91. The highest BCUT2D eigenvalue weighted by atomic mass is 32.2. The Bertz CT molecular complexity index is 479. The van der Waals surface area contributed by atoms with Gasteiger partial charge in [-0.2, -0.15) is 0 Å². The Morgan fingerprint density at radius 3 is 2.60 bits per heavy atom. The minimum atomic E-state index is -1.05. The van der Waals surface area contributed by atoms with Gasteiger partial charge in [-0.1, -0.05) is 18.2 Å². The van der Waals surface area contributed by atoms with Crippen LogP contribution in [0.3, 0.4) is 0 Å². The Labute approximate surface area is 123 Å². The van der Waals surface area contributed by atoms with Gasteiger partial charge in [-0.05, 0) is 25.5 Å². The molecule has 20 heavy (non-hydrogen) atoms. The van der Waals surface area contributed by atoms with Crippen LogP contribution in [0, 0.1) is 6.92 Å². The van der Waals surface area contributed by atoms with Crippen LogP contribution < -0.4 is 10.6 Å². The van der Waals surface area contributed by atoms with Crippen molar-refractivity contribution in [1.29, 1.82) is 0 Å². The molecule has 0 spiro atoms. The number of carboxylic acids is 1. The number of aryl methyl sites for hydroxylation is 1. The molecule has 1 aromatic rings. The predicted molar refractivity (Wildman–Crippen MR) is 82.1 cm³/mol. The molecule has 0 unspecified atom stereocenters. The van der Waals surface area contributed by atoms with Gasteiger partial charge in [0.05, 0.1) is 5.75 Å². The molecular formula is C14H20N2O3S. The van der Waals surface area contributed by atoms with Gasteiger partial charge in [-0.3, -0.25) is 9.59 Å². The fourth-order valence-corrected chi connectivity index (χ4v) is 2.61. The molecule has 5 nitrogen and oxygen atoms in total. The highest BCUT2D eigenvalue weighted by Gasteiger charge is 2.17. The number of amides is 1. The molecule has 0 aromatic heterocycles. The molecule has 0 saturated carbocycles. The number of thioether (sulfide) groups is 1. The summed E-state index contributed by atoms with van der Waals surface area (Å²) < 4.78 is 0. The summed E-state index contributed by atoms with van der Waals surface area (Å²) in [5.74, 6) is -0.629. The van der Waals surface area contributed by atoms with E-state index >= 15 is 0 Å². The zero-order valence-corrected chi connectivity index (χ0v) is 12.5. The SMILES string of the molecule is CCN(C(=O)CSC[C@@H](N)C(=O)O)c1ccccc1C. The summed E-state index contributed by atoms with van der Waals surface area (Å²) in [5.41, 5.74) is 7.33. The maximum atomic E-state index is 12.2. The number of hydrogen-bond donors (Lipinski definition) is 2. The number of carboxylic acid groups (broad SMARTS) is 1. The molecular weight excluding hydrogens is 276 g/mol. The van der Waals surface area contributed by atoms with Crippen LogP contribution in [-0.2, 0) is 9.59 Å². The predicted octanol–water partition coefficient (Wildman–Crippen LogP) is 1.49. The number of nitrogens with two attached hydrogens (primary N) is 1. The second-order valence-corrected chi connectivity index (χ2v) is 5.41. The number of nitrogens with zero attached hydrogens (tertiary/aromatic N) is 1. The van der Waals surface area contributed by atoms with E-state index in [9.17, 15) is 9.59 Å². The molecule has 0 aliphatic heterocycles. The van der Waals surface area contributed by atoms with E-state index in [1.54, 1.807) is 4.90 Å². The van der Waals surface area contributed by atoms with E-state index in [0.717, 1.165) is 11.3 Å². The molecule has 0 radical (unpaired) electrons. The summed E-state index contributed by atoms with van der Waals surface area (Å²) in [5, 5.41) is 8.68. The quantitative estimate of drug-likeness (QED) is 0.796. The third-order valence-electron chi connectivity index (χ3n) is 2.86. The van der Waals surface area contributed by atoms with Crippen molar-refractivity contribution in [3.63, 3.8) is 0 Å². The molecule has 0 aliphatic rings. The number of aliphatic carboxylic acids is 1. The van der Waals surface area contributed by atoms with Crippen molar-refractivity contribution in [2.24, 2.45) is 5.73 Å². The van der Waals surface area contributed by atoms with E-state index in [1.165, 1.54) is 11.8 Å². The molecule has 3 N–H and O–H groups in total. The van der Waals surface area contributed by atoms with E-state index < -0.39 is 12.0 Å². The Morgan fingerprint density at radius 1 is 1.40 bits per heavy atom. The summed E-state index contributed by atoms with van der Waals surface area (Å²) in [4.78, 5) is 24.5. The molecule has 0 aliphatic carbocycles. The molecule has 1 atom stereocenters. The Hall–Kier alpha value is -1.53. The maximum absolute atomic E-state index is 12.2. The third kappa shape index (κ3) is 4.54. The average Bonchev–Trinajstić information content (AvgIpc) is 2.41. The lowest BCUT2D eigenvalue weighted by atomic mass is 10.2. The second-order valence-electron chi connectivity index (χ2n) is 4.38. The van der Waals surface area contributed by atoms with Gasteiger partial charge >= 0.3 is 5.97 Å². The number of rotatable bonds is 7. The zero-order chi connectivity index (χ0) is 15.1. The van der Waals surface area contributed by atoms with Crippen LogP contribution in [0.25, 0.3) is 0 Å². The molecule has 110 valence electrons. The first-order valence-electron chi connectivity index (χ1n) is 6.39. The van der Waals surface area contributed by atoms with E-state index in [-0.39, 0.29) is 17.4 Å². The lowest BCUT2D eigenvalue weighted by Crippen LogP contribution is -2.35. The van der Waals surface area contributed by atoms with Crippen LogP contribution in [-0.4, -0.2) is 41.1 Å². The minimum Gasteiger partial charge on any atom is -0.480 e. The molecule has 1 rings (SSSR count). The number of benzene rings is 1. The van der Waals surface area contributed by atoms with Crippen molar-refractivity contribution in [3.8, 4) is 0 Å². The Balaban J connectivity index is 2.60. The molecule has 1 amide bonds. The smallest absolute Gasteiger partial charge is 0.321 e. The lowest BCUT2D eigenvalue weighted by molar-refractivity contribution is -0.137. The average molecular weight is 296 g/mol. The van der Waals surface area contributed by atoms with Crippen LogP contribution in [0.5, 0.6) is 0 Å². The first-order chi connectivity index (χ1) is 9.47. The van der Waals surface area contributed by atoms with Gasteiger partial charge in [0.2, 0.25) is 5.91 Å². The highest BCUT2D eigenvalue weighted by Crippen LogP contribution is 2.20. The topological polar surface area (TPSA) is 83.6 Å². The van der Waals surface area contributed by atoms with Crippen LogP contribution >= 0.6 is 11.8 Å². The minimum absolute atomic E-state index is 0.0376. The number of anilines is 1. The molecule has 6 heteroatoms.